The summed E-state index contributed by atoms with van der Waals surface area (Å²) < 4.78 is 18.8. The molecule has 0 saturated carbocycles. The summed E-state index contributed by atoms with van der Waals surface area (Å²) in [5.74, 6) is -0.192. The highest BCUT2D eigenvalue weighted by Gasteiger charge is 2.25. The average molecular weight is 378 g/mol. The molecule has 3 amide bonds. The van der Waals surface area contributed by atoms with Crippen LogP contribution in [0, 0.1) is 5.82 Å². The van der Waals surface area contributed by atoms with E-state index in [2.05, 4.69) is 10.6 Å². The van der Waals surface area contributed by atoms with E-state index in [1.54, 1.807) is 30.3 Å². The first-order valence-electron chi connectivity index (χ1n) is 8.02. The van der Waals surface area contributed by atoms with Crippen LogP contribution in [-0.4, -0.2) is 36.5 Å². The molecule has 0 unspecified atom stereocenters. The Hall–Kier alpha value is -2.80. The van der Waals surface area contributed by atoms with E-state index in [9.17, 15) is 14.0 Å². The number of anilines is 1. The van der Waals surface area contributed by atoms with Crippen molar-refractivity contribution in [2.75, 3.05) is 25.0 Å². The van der Waals surface area contributed by atoms with Crippen LogP contribution in [-0.2, 0) is 11.4 Å². The molecule has 0 aliphatic carbocycles. The van der Waals surface area contributed by atoms with Crippen molar-refractivity contribution in [2.45, 2.75) is 6.61 Å². The molecule has 0 atom stereocenters. The Morgan fingerprint density at radius 2 is 2.15 bits per heavy atom. The van der Waals surface area contributed by atoms with Gasteiger partial charge in [-0.3, -0.25) is 9.69 Å². The van der Waals surface area contributed by atoms with Crippen molar-refractivity contribution in [3.05, 3.63) is 58.9 Å². The fraction of sp³-hybridized carbons (Fsp3) is 0.222. The zero-order valence-corrected chi connectivity index (χ0v) is 14.6. The monoisotopic (exact) mass is 377 g/mol. The third kappa shape index (κ3) is 4.43. The SMILES string of the molecule is O=C(CNc1ccc(OCc2cccc(F)c2)c(Cl)c1)N1CCNC1=O. The number of carbonyl (C=O) groups excluding carboxylic acids is 2. The molecule has 1 heterocycles. The Morgan fingerprint density at radius 3 is 2.85 bits per heavy atom. The second-order valence-corrected chi connectivity index (χ2v) is 6.10. The number of nitrogens with zero attached hydrogens (tertiary/aromatic N) is 1. The molecule has 0 aromatic heterocycles. The summed E-state index contributed by atoms with van der Waals surface area (Å²) in [5.41, 5.74) is 1.32. The third-order valence-electron chi connectivity index (χ3n) is 3.82. The Bertz CT molecular complexity index is 831. The first-order chi connectivity index (χ1) is 12.5. The Kier molecular flexibility index (Phi) is 5.58. The number of benzene rings is 2. The topological polar surface area (TPSA) is 70.7 Å². The molecular formula is C18H17ClFN3O3. The Balaban J connectivity index is 1.55. The number of halogens is 2. The number of imide groups is 1. The van der Waals surface area contributed by atoms with Crippen molar-refractivity contribution in [3.8, 4) is 5.75 Å². The van der Waals surface area contributed by atoms with Gasteiger partial charge in [-0.2, -0.15) is 0 Å². The van der Waals surface area contributed by atoms with Gasteiger partial charge in [0.2, 0.25) is 5.91 Å². The van der Waals surface area contributed by atoms with Gasteiger partial charge in [-0.05, 0) is 35.9 Å². The van der Waals surface area contributed by atoms with Gasteiger partial charge in [0.25, 0.3) is 0 Å². The molecule has 136 valence electrons. The van der Waals surface area contributed by atoms with E-state index in [0.717, 1.165) is 4.90 Å². The molecule has 1 aliphatic rings. The summed E-state index contributed by atoms with van der Waals surface area (Å²) in [6.07, 6.45) is 0. The van der Waals surface area contributed by atoms with Gasteiger partial charge in [0, 0.05) is 18.8 Å². The van der Waals surface area contributed by atoms with Gasteiger partial charge in [0.15, 0.2) is 0 Å². The number of hydrogen-bond donors (Lipinski definition) is 2. The highest BCUT2D eigenvalue weighted by molar-refractivity contribution is 6.32. The minimum absolute atomic E-state index is 0.0206. The molecule has 0 bridgehead atoms. The van der Waals surface area contributed by atoms with Gasteiger partial charge in [0.05, 0.1) is 11.6 Å². The van der Waals surface area contributed by atoms with Gasteiger partial charge in [-0.15, -0.1) is 0 Å². The summed E-state index contributed by atoms with van der Waals surface area (Å²) >= 11 is 6.19. The number of ether oxygens (including phenoxy) is 1. The Labute approximate surface area is 154 Å². The van der Waals surface area contributed by atoms with Crippen LogP contribution in [0.25, 0.3) is 0 Å². The van der Waals surface area contributed by atoms with E-state index in [0.29, 0.717) is 35.1 Å². The summed E-state index contributed by atoms with van der Waals surface area (Å²) in [6.45, 7) is 1.00. The molecule has 1 saturated heterocycles. The first-order valence-corrected chi connectivity index (χ1v) is 8.39. The maximum Gasteiger partial charge on any atom is 0.324 e. The lowest BCUT2D eigenvalue weighted by molar-refractivity contribution is -0.125. The molecule has 2 N–H and O–H groups in total. The third-order valence-corrected chi connectivity index (χ3v) is 4.11. The van der Waals surface area contributed by atoms with Crippen LogP contribution in [0.4, 0.5) is 14.9 Å². The van der Waals surface area contributed by atoms with Gasteiger partial charge in [-0.1, -0.05) is 23.7 Å². The fourth-order valence-corrected chi connectivity index (χ4v) is 2.73. The van der Waals surface area contributed by atoms with E-state index >= 15 is 0 Å². The molecule has 1 fully saturated rings. The summed E-state index contributed by atoms with van der Waals surface area (Å²) in [7, 11) is 0. The number of hydrogen-bond acceptors (Lipinski definition) is 4. The van der Waals surface area contributed by atoms with Crippen LogP contribution in [0.15, 0.2) is 42.5 Å². The number of nitrogens with one attached hydrogen (secondary N) is 2. The van der Waals surface area contributed by atoms with E-state index < -0.39 is 0 Å². The maximum atomic E-state index is 13.2. The lowest BCUT2D eigenvalue weighted by Gasteiger charge is -2.14. The van der Waals surface area contributed by atoms with E-state index in [4.69, 9.17) is 16.3 Å². The van der Waals surface area contributed by atoms with Gasteiger partial charge in [0.1, 0.15) is 18.2 Å². The number of urea groups is 1. The highest BCUT2D eigenvalue weighted by Crippen LogP contribution is 2.28. The summed E-state index contributed by atoms with van der Waals surface area (Å²) in [6, 6.07) is 10.7. The molecule has 0 radical (unpaired) electrons. The normalized spacial score (nSPS) is 13.5. The molecular weight excluding hydrogens is 361 g/mol. The Morgan fingerprint density at radius 1 is 1.31 bits per heavy atom. The molecule has 6 nitrogen and oxygen atoms in total. The standard InChI is InChI=1S/C18H17ClFN3O3/c19-15-9-14(22-10-17(24)23-7-6-21-18(23)25)4-5-16(15)26-11-12-2-1-3-13(20)8-12/h1-5,8-9,22H,6-7,10-11H2,(H,21,25). The van der Waals surface area contributed by atoms with Gasteiger partial charge >= 0.3 is 6.03 Å². The van der Waals surface area contributed by atoms with Crippen molar-refractivity contribution in [1.82, 2.24) is 10.2 Å². The minimum Gasteiger partial charge on any atom is -0.487 e. The zero-order chi connectivity index (χ0) is 18.5. The smallest absolute Gasteiger partial charge is 0.324 e. The van der Waals surface area contributed by atoms with E-state index in [-0.39, 0.29) is 30.9 Å². The number of rotatable bonds is 6. The van der Waals surface area contributed by atoms with Crippen molar-refractivity contribution in [1.29, 1.82) is 0 Å². The molecule has 3 rings (SSSR count). The van der Waals surface area contributed by atoms with Crippen molar-refractivity contribution < 1.29 is 18.7 Å². The van der Waals surface area contributed by atoms with Gasteiger partial charge in [-0.25, -0.2) is 9.18 Å². The zero-order valence-electron chi connectivity index (χ0n) is 13.8. The second-order valence-electron chi connectivity index (χ2n) is 5.69. The molecule has 8 heteroatoms. The average Bonchev–Trinajstić information content (AvgIpc) is 3.05. The van der Waals surface area contributed by atoms with Crippen LogP contribution in [0.3, 0.4) is 0 Å². The predicted molar refractivity (Wildman–Crippen MR) is 95.8 cm³/mol. The number of amides is 3. The molecule has 2 aromatic carbocycles. The second kappa shape index (κ2) is 8.05. The van der Waals surface area contributed by atoms with Crippen LogP contribution in [0.5, 0.6) is 5.75 Å². The van der Waals surface area contributed by atoms with Crippen molar-refractivity contribution in [3.63, 3.8) is 0 Å². The first kappa shape index (κ1) is 18.0. The van der Waals surface area contributed by atoms with Gasteiger partial charge < -0.3 is 15.4 Å². The molecule has 2 aromatic rings. The fourth-order valence-electron chi connectivity index (χ4n) is 2.50. The van der Waals surface area contributed by atoms with Crippen molar-refractivity contribution in [2.24, 2.45) is 0 Å². The quantitative estimate of drug-likeness (QED) is 0.811. The maximum absolute atomic E-state index is 13.2. The molecule has 1 aliphatic heterocycles. The molecule has 0 spiro atoms. The lowest BCUT2D eigenvalue weighted by Crippen LogP contribution is -2.37. The molecule has 26 heavy (non-hydrogen) atoms. The van der Waals surface area contributed by atoms with Crippen LogP contribution in [0.1, 0.15) is 5.56 Å². The van der Waals surface area contributed by atoms with Crippen LogP contribution in [0.2, 0.25) is 5.02 Å². The lowest BCUT2D eigenvalue weighted by atomic mass is 10.2. The summed E-state index contributed by atoms with van der Waals surface area (Å²) in [4.78, 5) is 24.6. The number of carbonyl (C=O) groups is 2. The van der Waals surface area contributed by atoms with Crippen molar-refractivity contribution >= 4 is 29.2 Å². The predicted octanol–water partition coefficient (Wildman–Crippen LogP) is 3.02. The van der Waals surface area contributed by atoms with E-state index in [1.165, 1.54) is 12.1 Å². The van der Waals surface area contributed by atoms with Crippen LogP contribution >= 0.6 is 11.6 Å². The van der Waals surface area contributed by atoms with Crippen LogP contribution < -0.4 is 15.4 Å². The van der Waals surface area contributed by atoms with E-state index in [1.807, 2.05) is 0 Å². The largest absolute Gasteiger partial charge is 0.487 e. The summed E-state index contributed by atoms with van der Waals surface area (Å²) in [5, 5.41) is 5.86. The highest BCUT2D eigenvalue weighted by atomic mass is 35.5. The minimum atomic E-state index is -0.379.